The highest BCUT2D eigenvalue weighted by Gasteiger charge is 2.09. The molecular formula is C14H14FNO. The van der Waals surface area contributed by atoms with Crippen LogP contribution in [-0.2, 0) is 6.42 Å². The molecule has 1 unspecified atom stereocenters. The molecule has 0 aliphatic heterocycles. The molecule has 1 aromatic heterocycles. The van der Waals surface area contributed by atoms with E-state index in [4.69, 9.17) is 0 Å². The van der Waals surface area contributed by atoms with Crippen LogP contribution in [0.15, 0.2) is 42.6 Å². The van der Waals surface area contributed by atoms with Crippen molar-refractivity contribution in [1.82, 2.24) is 4.98 Å². The monoisotopic (exact) mass is 231 g/mol. The molecule has 3 heteroatoms. The van der Waals surface area contributed by atoms with Crippen molar-refractivity contribution in [3.63, 3.8) is 0 Å². The Hall–Kier alpha value is -1.74. The second kappa shape index (κ2) is 5.06. The van der Waals surface area contributed by atoms with E-state index in [0.717, 1.165) is 16.8 Å². The summed E-state index contributed by atoms with van der Waals surface area (Å²) >= 11 is 0. The van der Waals surface area contributed by atoms with Gasteiger partial charge in [0, 0.05) is 18.3 Å². The first-order chi connectivity index (χ1) is 8.15. The van der Waals surface area contributed by atoms with Crippen LogP contribution in [-0.4, -0.2) is 10.1 Å². The van der Waals surface area contributed by atoms with E-state index in [-0.39, 0.29) is 5.82 Å². The van der Waals surface area contributed by atoms with Crippen molar-refractivity contribution in [1.29, 1.82) is 0 Å². The smallest absolute Gasteiger partial charge is 0.123 e. The van der Waals surface area contributed by atoms with E-state index in [1.165, 1.54) is 12.1 Å². The summed E-state index contributed by atoms with van der Waals surface area (Å²) in [6.45, 7) is 1.87. The number of halogens is 1. The lowest BCUT2D eigenvalue weighted by Crippen LogP contribution is -2.02. The van der Waals surface area contributed by atoms with E-state index in [9.17, 15) is 9.50 Å². The summed E-state index contributed by atoms with van der Waals surface area (Å²) in [5, 5.41) is 10.0. The first-order valence-corrected chi connectivity index (χ1v) is 5.50. The van der Waals surface area contributed by atoms with Gasteiger partial charge in [0.2, 0.25) is 0 Å². The molecule has 0 amide bonds. The number of pyridine rings is 1. The first-order valence-electron chi connectivity index (χ1n) is 5.50. The predicted molar refractivity (Wildman–Crippen MR) is 64.0 cm³/mol. The second-order valence-corrected chi connectivity index (χ2v) is 4.08. The summed E-state index contributed by atoms with van der Waals surface area (Å²) in [7, 11) is 0. The SMILES string of the molecule is Cc1cc(C(O)Cc2cccc(F)c2)ccn1. The van der Waals surface area contributed by atoms with Crippen LogP contribution in [0.2, 0.25) is 0 Å². The highest BCUT2D eigenvalue weighted by atomic mass is 19.1. The molecule has 2 rings (SSSR count). The maximum absolute atomic E-state index is 13.0. The van der Waals surface area contributed by atoms with Crippen LogP contribution in [0.25, 0.3) is 0 Å². The van der Waals surface area contributed by atoms with Crippen molar-refractivity contribution >= 4 is 0 Å². The molecule has 1 heterocycles. The Bertz CT molecular complexity index is 513. The number of nitrogens with zero attached hydrogens (tertiary/aromatic N) is 1. The minimum absolute atomic E-state index is 0.277. The van der Waals surface area contributed by atoms with Gasteiger partial charge in [0.15, 0.2) is 0 Å². The summed E-state index contributed by atoms with van der Waals surface area (Å²) in [6.07, 6.45) is 1.44. The van der Waals surface area contributed by atoms with Gasteiger partial charge < -0.3 is 5.11 Å². The molecule has 0 bridgehead atoms. The van der Waals surface area contributed by atoms with Gasteiger partial charge in [-0.1, -0.05) is 12.1 Å². The minimum Gasteiger partial charge on any atom is -0.388 e. The van der Waals surface area contributed by atoms with Crippen molar-refractivity contribution in [2.45, 2.75) is 19.4 Å². The average Bonchev–Trinajstić information content (AvgIpc) is 2.29. The van der Waals surface area contributed by atoms with Crippen molar-refractivity contribution < 1.29 is 9.50 Å². The van der Waals surface area contributed by atoms with Gasteiger partial charge in [0.05, 0.1) is 6.10 Å². The topological polar surface area (TPSA) is 33.1 Å². The molecule has 0 radical (unpaired) electrons. The fourth-order valence-corrected chi connectivity index (χ4v) is 1.78. The predicted octanol–water partition coefficient (Wildman–Crippen LogP) is 2.81. The average molecular weight is 231 g/mol. The second-order valence-electron chi connectivity index (χ2n) is 4.08. The molecule has 0 aliphatic rings. The Morgan fingerprint density at radius 1 is 1.29 bits per heavy atom. The van der Waals surface area contributed by atoms with E-state index >= 15 is 0 Å². The minimum atomic E-state index is -0.626. The number of aliphatic hydroxyl groups is 1. The molecule has 1 atom stereocenters. The summed E-state index contributed by atoms with van der Waals surface area (Å²) in [5.41, 5.74) is 2.45. The zero-order chi connectivity index (χ0) is 12.3. The van der Waals surface area contributed by atoms with E-state index < -0.39 is 6.10 Å². The molecule has 0 saturated heterocycles. The van der Waals surface area contributed by atoms with E-state index in [1.54, 1.807) is 24.4 Å². The largest absolute Gasteiger partial charge is 0.388 e. The number of benzene rings is 1. The van der Waals surface area contributed by atoms with Gasteiger partial charge in [-0.3, -0.25) is 4.98 Å². The van der Waals surface area contributed by atoms with Gasteiger partial charge in [-0.15, -0.1) is 0 Å². The Morgan fingerprint density at radius 3 is 2.82 bits per heavy atom. The van der Waals surface area contributed by atoms with Crippen LogP contribution in [0.4, 0.5) is 4.39 Å². The van der Waals surface area contributed by atoms with Gasteiger partial charge in [0.1, 0.15) is 5.82 Å². The summed E-state index contributed by atoms with van der Waals surface area (Å²) < 4.78 is 13.0. The Kier molecular flexibility index (Phi) is 3.49. The zero-order valence-corrected chi connectivity index (χ0v) is 9.60. The summed E-state index contributed by atoms with van der Waals surface area (Å²) in [6, 6.07) is 9.90. The number of aromatic nitrogens is 1. The Balaban J connectivity index is 2.14. The molecule has 1 N–H and O–H groups in total. The van der Waals surface area contributed by atoms with Gasteiger partial charge in [-0.2, -0.15) is 0 Å². The number of rotatable bonds is 3. The Morgan fingerprint density at radius 2 is 2.12 bits per heavy atom. The molecule has 1 aromatic carbocycles. The molecule has 2 nitrogen and oxygen atoms in total. The lowest BCUT2D eigenvalue weighted by Gasteiger charge is -2.11. The van der Waals surface area contributed by atoms with Crippen molar-refractivity contribution in [3.8, 4) is 0 Å². The third-order valence-corrected chi connectivity index (χ3v) is 2.62. The molecule has 0 spiro atoms. The fraction of sp³-hybridized carbons (Fsp3) is 0.214. The summed E-state index contributed by atoms with van der Waals surface area (Å²) in [5.74, 6) is -0.277. The van der Waals surface area contributed by atoms with Crippen LogP contribution in [0.3, 0.4) is 0 Å². The van der Waals surface area contributed by atoms with Crippen molar-refractivity contribution in [2.24, 2.45) is 0 Å². The van der Waals surface area contributed by atoms with Gasteiger partial charge in [0.25, 0.3) is 0 Å². The van der Waals surface area contributed by atoms with Crippen molar-refractivity contribution in [2.75, 3.05) is 0 Å². The van der Waals surface area contributed by atoms with Crippen molar-refractivity contribution in [3.05, 3.63) is 65.2 Å². The van der Waals surface area contributed by atoms with Crippen LogP contribution >= 0.6 is 0 Å². The molecule has 0 fully saturated rings. The highest BCUT2D eigenvalue weighted by molar-refractivity contribution is 5.23. The number of aliphatic hydroxyl groups excluding tert-OH is 1. The van der Waals surface area contributed by atoms with Crippen LogP contribution in [0.5, 0.6) is 0 Å². The maximum Gasteiger partial charge on any atom is 0.123 e. The zero-order valence-electron chi connectivity index (χ0n) is 9.60. The number of hydrogen-bond acceptors (Lipinski definition) is 2. The van der Waals surface area contributed by atoms with Gasteiger partial charge in [-0.25, -0.2) is 4.39 Å². The first kappa shape index (κ1) is 11.7. The van der Waals surface area contributed by atoms with E-state index in [2.05, 4.69) is 4.98 Å². The molecule has 17 heavy (non-hydrogen) atoms. The lowest BCUT2D eigenvalue weighted by molar-refractivity contribution is 0.178. The molecular weight excluding hydrogens is 217 g/mol. The third-order valence-electron chi connectivity index (χ3n) is 2.62. The molecule has 2 aromatic rings. The summed E-state index contributed by atoms with van der Waals surface area (Å²) in [4.78, 5) is 4.07. The maximum atomic E-state index is 13.0. The normalized spacial score (nSPS) is 12.4. The standard InChI is InChI=1S/C14H14FNO/c1-10-7-12(5-6-16-10)14(17)9-11-3-2-4-13(15)8-11/h2-8,14,17H,9H2,1H3. The van der Waals surface area contributed by atoms with E-state index in [1.807, 2.05) is 13.0 Å². The lowest BCUT2D eigenvalue weighted by atomic mass is 10.0. The van der Waals surface area contributed by atoms with Crippen LogP contribution in [0, 0.1) is 12.7 Å². The van der Waals surface area contributed by atoms with Crippen LogP contribution in [0.1, 0.15) is 22.9 Å². The molecule has 0 aliphatic carbocycles. The molecule has 0 saturated carbocycles. The van der Waals surface area contributed by atoms with Crippen LogP contribution < -0.4 is 0 Å². The van der Waals surface area contributed by atoms with Gasteiger partial charge in [-0.05, 0) is 42.3 Å². The third kappa shape index (κ3) is 3.11. The van der Waals surface area contributed by atoms with E-state index in [0.29, 0.717) is 6.42 Å². The quantitative estimate of drug-likeness (QED) is 0.881. The number of hydrogen-bond donors (Lipinski definition) is 1. The number of aryl methyl sites for hydroxylation is 1. The molecule has 88 valence electrons. The fourth-order valence-electron chi connectivity index (χ4n) is 1.78. The Labute approximate surface area is 99.8 Å². The highest BCUT2D eigenvalue weighted by Crippen LogP contribution is 2.18. The van der Waals surface area contributed by atoms with Gasteiger partial charge >= 0.3 is 0 Å².